The lowest BCUT2D eigenvalue weighted by Crippen LogP contribution is -2.41. The lowest BCUT2D eigenvalue weighted by atomic mass is 10.0. The Morgan fingerprint density at radius 2 is 1.64 bits per heavy atom. The maximum Gasteiger partial charge on any atom is 0.247 e. The van der Waals surface area contributed by atoms with Crippen LogP contribution in [0.1, 0.15) is 19.3 Å². The van der Waals surface area contributed by atoms with Gasteiger partial charge in [-0.15, -0.1) is 0 Å². The summed E-state index contributed by atoms with van der Waals surface area (Å²) in [7, 11) is 3.98. The number of halogens is 2. The van der Waals surface area contributed by atoms with Crippen molar-refractivity contribution in [2.75, 3.05) is 45.4 Å². The van der Waals surface area contributed by atoms with Crippen LogP contribution in [0.4, 0.5) is 20.2 Å². The summed E-state index contributed by atoms with van der Waals surface area (Å²) in [5, 5.41) is 0.483. The van der Waals surface area contributed by atoms with Crippen LogP contribution in [0.5, 0.6) is 28.7 Å². The van der Waals surface area contributed by atoms with Gasteiger partial charge in [-0.3, -0.25) is 19.5 Å². The van der Waals surface area contributed by atoms with Crippen molar-refractivity contribution in [1.82, 2.24) is 9.88 Å². The minimum Gasteiger partial charge on any atom is -0.489 e. The summed E-state index contributed by atoms with van der Waals surface area (Å²) >= 11 is 0. The van der Waals surface area contributed by atoms with Crippen molar-refractivity contribution in [3.63, 3.8) is 0 Å². The van der Waals surface area contributed by atoms with Gasteiger partial charge >= 0.3 is 0 Å². The Morgan fingerprint density at radius 3 is 2.31 bits per heavy atom. The Labute approximate surface area is 258 Å². The number of anilines is 2. The fourth-order valence-corrected chi connectivity index (χ4v) is 5.24. The number of benzene rings is 3. The Morgan fingerprint density at radius 1 is 0.933 bits per heavy atom. The average Bonchev–Trinajstić information content (AvgIpc) is 3.84. The van der Waals surface area contributed by atoms with Gasteiger partial charge in [-0.25, -0.2) is 8.78 Å². The van der Waals surface area contributed by atoms with E-state index < -0.39 is 28.9 Å². The minimum absolute atomic E-state index is 0.119. The number of hydrogen-bond acceptors (Lipinski definition) is 8. The molecule has 1 aliphatic heterocycles. The number of rotatable bonds is 11. The van der Waals surface area contributed by atoms with Gasteiger partial charge in [0.05, 0.1) is 23.2 Å². The van der Waals surface area contributed by atoms with Gasteiger partial charge in [0.15, 0.2) is 23.1 Å². The van der Waals surface area contributed by atoms with Crippen LogP contribution in [0.3, 0.4) is 0 Å². The van der Waals surface area contributed by atoms with E-state index in [2.05, 4.69) is 9.88 Å². The number of primary amides is 1. The first-order valence-corrected chi connectivity index (χ1v) is 14.5. The predicted octanol–water partition coefficient (Wildman–Crippen LogP) is 5.34. The first kappa shape index (κ1) is 30.1. The van der Waals surface area contributed by atoms with E-state index in [0.717, 1.165) is 19.0 Å². The van der Waals surface area contributed by atoms with Gasteiger partial charge in [0.2, 0.25) is 17.6 Å². The van der Waals surface area contributed by atoms with E-state index in [-0.39, 0.29) is 35.7 Å². The van der Waals surface area contributed by atoms with Gasteiger partial charge in [0.25, 0.3) is 0 Å². The molecule has 0 bridgehead atoms. The third-order valence-corrected chi connectivity index (χ3v) is 7.76. The average molecular weight is 619 g/mol. The zero-order chi connectivity index (χ0) is 31.7. The van der Waals surface area contributed by atoms with Crippen molar-refractivity contribution in [2.45, 2.75) is 19.3 Å². The van der Waals surface area contributed by atoms with Gasteiger partial charge in [0.1, 0.15) is 30.2 Å². The molecule has 2 heterocycles. The van der Waals surface area contributed by atoms with Crippen LogP contribution >= 0.6 is 0 Å². The molecule has 1 aliphatic carbocycles. The first-order valence-electron chi connectivity index (χ1n) is 14.5. The number of nitrogens with two attached hydrogens (primary N) is 1. The Kier molecular flexibility index (Phi) is 8.15. The monoisotopic (exact) mass is 618 g/mol. The van der Waals surface area contributed by atoms with E-state index in [4.69, 9.17) is 24.7 Å². The second kappa shape index (κ2) is 12.2. The number of fused-ring (bicyclic) bond motifs is 3. The molecule has 12 heteroatoms. The molecular weight excluding hydrogens is 586 g/mol. The van der Waals surface area contributed by atoms with Crippen LogP contribution in [0.2, 0.25) is 0 Å². The maximum absolute atomic E-state index is 15.7. The predicted molar refractivity (Wildman–Crippen MR) is 162 cm³/mol. The summed E-state index contributed by atoms with van der Waals surface area (Å²) in [5.74, 6) is -1.24. The van der Waals surface area contributed by atoms with Gasteiger partial charge in [-0.2, -0.15) is 0 Å². The largest absolute Gasteiger partial charge is 0.489 e. The molecule has 0 unspecified atom stereocenters. The lowest BCUT2D eigenvalue weighted by Gasteiger charge is -2.27. The summed E-state index contributed by atoms with van der Waals surface area (Å²) in [6, 6.07) is 12.4. The fourth-order valence-electron chi connectivity index (χ4n) is 5.24. The van der Waals surface area contributed by atoms with Crippen molar-refractivity contribution in [3.05, 3.63) is 72.4 Å². The lowest BCUT2D eigenvalue weighted by molar-refractivity contribution is -0.133. The number of nitrogens with zero attached hydrogens (tertiary/aromatic N) is 3. The number of carbonyl (C=O) groups excluding carboxylic acids is 2. The number of aromatic nitrogens is 1. The number of pyridine rings is 1. The van der Waals surface area contributed by atoms with Crippen molar-refractivity contribution in [2.24, 2.45) is 11.1 Å². The molecule has 2 amide bonds. The van der Waals surface area contributed by atoms with E-state index in [1.54, 1.807) is 12.1 Å². The molecule has 1 saturated carbocycles. The molecule has 45 heavy (non-hydrogen) atoms. The normalized spacial score (nSPS) is 14.7. The molecule has 6 rings (SSSR count). The van der Waals surface area contributed by atoms with Crippen LogP contribution in [0.25, 0.3) is 10.9 Å². The minimum atomic E-state index is -1.40. The highest BCUT2D eigenvalue weighted by Crippen LogP contribution is 2.50. The fraction of sp³-hybridized carbons (Fsp3) is 0.303. The zero-order valence-electron chi connectivity index (χ0n) is 24.8. The molecule has 1 fully saturated rings. The number of amides is 2. The van der Waals surface area contributed by atoms with Crippen molar-refractivity contribution >= 4 is 34.1 Å². The summed E-state index contributed by atoms with van der Waals surface area (Å²) in [5.41, 5.74) is 5.04. The van der Waals surface area contributed by atoms with E-state index in [1.807, 2.05) is 14.1 Å². The Hall–Kier alpha value is -4.97. The van der Waals surface area contributed by atoms with E-state index in [9.17, 15) is 14.0 Å². The highest BCUT2D eigenvalue weighted by Gasteiger charge is 2.57. The van der Waals surface area contributed by atoms with E-state index in [0.29, 0.717) is 48.0 Å². The molecule has 0 saturated heterocycles. The van der Waals surface area contributed by atoms with Gasteiger partial charge in [-0.1, -0.05) is 0 Å². The standard InChI is InChI=1S/C33H32F2N4O6/c1-38(2)14-3-15-42-27-19-24-28(30-29(27)43-16-17-44-30)26(10-13-37-24)45-25-9-8-22(18-23(25)35)39(21-6-4-20(34)5-7-21)32(41)33(11-12-33)31(36)40/h4-10,13,18-19H,3,11-12,14-17H2,1-2H3,(H2,36,40). The van der Waals surface area contributed by atoms with Gasteiger partial charge < -0.3 is 29.6 Å². The highest BCUT2D eigenvalue weighted by molar-refractivity contribution is 6.16. The van der Waals surface area contributed by atoms with Crippen molar-refractivity contribution in [3.8, 4) is 28.7 Å². The van der Waals surface area contributed by atoms with Crippen molar-refractivity contribution in [1.29, 1.82) is 0 Å². The van der Waals surface area contributed by atoms with E-state index >= 15 is 4.39 Å². The second-order valence-corrected chi connectivity index (χ2v) is 11.2. The molecule has 4 aromatic rings. The summed E-state index contributed by atoms with van der Waals surface area (Å²) in [6.07, 6.45) is 2.89. The molecule has 10 nitrogen and oxygen atoms in total. The molecule has 2 aliphatic rings. The smallest absolute Gasteiger partial charge is 0.247 e. The summed E-state index contributed by atoms with van der Waals surface area (Å²) in [6.45, 7) is 1.95. The second-order valence-electron chi connectivity index (χ2n) is 11.2. The number of carbonyl (C=O) groups is 2. The number of hydrogen-bond donors (Lipinski definition) is 1. The summed E-state index contributed by atoms with van der Waals surface area (Å²) < 4.78 is 53.4. The molecule has 3 aromatic carbocycles. The van der Waals surface area contributed by atoms with Crippen LogP contribution in [0, 0.1) is 17.0 Å². The molecule has 0 radical (unpaired) electrons. The van der Waals surface area contributed by atoms with E-state index in [1.165, 1.54) is 47.5 Å². The molecule has 2 N–H and O–H groups in total. The molecule has 234 valence electrons. The Bertz CT molecular complexity index is 1760. The van der Waals surface area contributed by atoms with Crippen LogP contribution in [0.15, 0.2) is 60.8 Å². The third-order valence-electron chi connectivity index (χ3n) is 7.76. The van der Waals surface area contributed by atoms with Crippen LogP contribution < -0.4 is 29.6 Å². The molecule has 0 spiro atoms. The molecular formula is C33H32F2N4O6. The third kappa shape index (κ3) is 5.93. The van der Waals surface area contributed by atoms with Crippen LogP contribution in [-0.2, 0) is 9.59 Å². The van der Waals surface area contributed by atoms with Crippen LogP contribution in [-0.4, -0.2) is 62.2 Å². The first-order chi connectivity index (χ1) is 21.7. The quantitative estimate of drug-likeness (QED) is 0.177. The molecule has 0 atom stereocenters. The van der Waals surface area contributed by atoms with Gasteiger partial charge in [-0.05, 0) is 75.8 Å². The topological polar surface area (TPSA) is 116 Å². The van der Waals surface area contributed by atoms with Crippen molar-refractivity contribution < 1.29 is 37.3 Å². The molecule has 1 aromatic heterocycles. The Balaban J connectivity index is 1.33. The highest BCUT2D eigenvalue weighted by atomic mass is 19.1. The zero-order valence-corrected chi connectivity index (χ0v) is 24.8. The summed E-state index contributed by atoms with van der Waals surface area (Å²) in [4.78, 5) is 33.5. The van der Waals surface area contributed by atoms with Gasteiger partial charge in [0, 0.05) is 30.6 Å². The maximum atomic E-state index is 15.7. The SMILES string of the molecule is CN(C)CCCOc1cc2nccc(Oc3ccc(N(C(=O)C4(C(N)=O)CC4)c4ccc(F)cc4)cc3F)c2c2c1OCCO2. The number of ether oxygens (including phenoxy) is 4.